The van der Waals surface area contributed by atoms with Gasteiger partial charge in [0.25, 0.3) is 5.56 Å². The Kier molecular flexibility index (Phi) is 4.78. The molecule has 1 aromatic carbocycles. The lowest BCUT2D eigenvalue weighted by molar-refractivity contribution is -0.116. The molecular formula is C19H18ClN7O3. The van der Waals surface area contributed by atoms with Gasteiger partial charge >= 0.3 is 5.69 Å². The molecule has 0 aliphatic heterocycles. The molecule has 1 N–H and O–H groups in total. The minimum atomic E-state index is -0.513. The van der Waals surface area contributed by atoms with E-state index < -0.39 is 11.2 Å². The molecule has 3 aromatic heterocycles. The summed E-state index contributed by atoms with van der Waals surface area (Å²) in [5, 5.41) is 7.81. The fraction of sp³-hybridized carbons (Fsp3) is 0.211. The number of benzene rings is 1. The molecule has 10 nitrogen and oxygen atoms in total. The van der Waals surface area contributed by atoms with Crippen LogP contribution in [0.2, 0.25) is 5.02 Å². The third-order valence-corrected chi connectivity index (χ3v) is 4.95. The number of nitrogens with zero attached hydrogens (tertiary/aromatic N) is 6. The summed E-state index contributed by atoms with van der Waals surface area (Å²) >= 11 is 5.94. The zero-order chi connectivity index (χ0) is 21.6. The van der Waals surface area contributed by atoms with Gasteiger partial charge in [0.2, 0.25) is 5.91 Å². The number of aromatic nitrogens is 6. The number of hydrogen-bond acceptors (Lipinski definition) is 5. The minimum Gasteiger partial charge on any atom is -0.315 e. The van der Waals surface area contributed by atoms with Crippen LogP contribution >= 0.6 is 11.6 Å². The molecule has 0 atom stereocenters. The van der Waals surface area contributed by atoms with Crippen LogP contribution in [0.15, 0.2) is 46.2 Å². The van der Waals surface area contributed by atoms with E-state index in [2.05, 4.69) is 15.4 Å². The van der Waals surface area contributed by atoms with Gasteiger partial charge in [0.05, 0.1) is 17.7 Å². The van der Waals surface area contributed by atoms with Gasteiger partial charge in [0, 0.05) is 25.2 Å². The van der Waals surface area contributed by atoms with Gasteiger partial charge in [-0.25, -0.2) is 14.5 Å². The monoisotopic (exact) mass is 427 g/mol. The van der Waals surface area contributed by atoms with E-state index >= 15 is 0 Å². The maximum Gasteiger partial charge on any atom is 0.332 e. The van der Waals surface area contributed by atoms with Crippen LogP contribution in [-0.4, -0.2) is 34.4 Å². The average Bonchev–Trinajstić information content (AvgIpc) is 3.28. The van der Waals surface area contributed by atoms with Crippen molar-refractivity contribution in [2.75, 3.05) is 5.32 Å². The number of imidazole rings is 1. The summed E-state index contributed by atoms with van der Waals surface area (Å²) in [4.78, 5) is 41.4. The number of anilines is 1. The van der Waals surface area contributed by atoms with Crippen molar-refractivity contribution in [3.05, 3.63) is 68.2 Å². The lowest BCUT2D eigenvalue weighted by atomic mass is 10.3. The Morgan fingerprint density at radius 2 is 1.83 bits per heavy atom. The maximum absolute atomic E-state index is 12.7. The quantitative estimate of drug-likeness (QED) is 0.526. The minimum absolute atomic E-state index is 0.158. The van der Waals surface area contributed by atoms with E-state index in [1.54, 1.807) is 35.0 Å². The van der Waals surface area contributed by atoms with Crippen LogP contribution in [0.1, 0.15) is 5.69 Å². The van der Waals surface area contributed by atoms with Crippen molar-refractivity contribution in [3.8, 4) is 5.69 Å². The number of aryl methyl sites for hydroxylation is 2. The molecule has 0 fully saturated rings. The summed E-state index contributed by atoms with van der Waals surface area (Å²) in [6, 6.07) is 8.78. The second-order valence-corrected chi connectivity index (χ2v) is 7.29. The molecule has 0 spiro atoms. The number of rotatable bonds is 4. The van der Waals surface area contributed by atoms with Crippen molar-refractivity contribution in [1.82, 2.24) is 28.5 Å². The van der Waals surface area contributed by atoms with Crippen LogP contribution in [-0.2, 0) is 25.4 Å². The van der Waals surface area contributed by atoms with Gasteiger partial charge in [-0.3, -0.25) is 18.7 Å². The van der Waals surface area contributed by atoms with E-state index in [1.807, 2.05) is 6.92 Å². The number of hydrogen-bond donors (Lipinski definition) is 1. The molecular weight excluding hydrogens is 410 g/mol. The summed E-state index contributed by atoms with van der Waals surface area (Å²) < 4.78 is 5.27. The smallest absolute Gasteiger partial charge is 0.315 e. The van der Waals surface area contributed by atoms with Crippen LogP contribution in [0.3, 0.4) is 0 Å². The highest BCUT2D eigenvalue weighted by Gasteiger charge is 2.17. The molecule has 0 aliphatic carbocycles. The van der Waals surface area contributed by atoms with E-state index in [0.717, 1.165) is 15.9 Å². The number of nitrogens with one attached hydrogen (secondary N) is 1. The maximum atomic E-state index is 12.7. The Balaban J connectivity index is 1.65. The molecule has 0 radical (unpaired) electrons. The fourth-order valence-electron chi connectivity index (χ4n) is 3.22. The second kappa shape index (κ2) is 7.30. The average molecular weight is 428 g/mol. The largest absolute Gasteiger partial charge is 0.332 e. The van der Waals surface area contributed by atoms with Crippen molar-refractivity contribution in [1.29, 1.82) is 0 Å². The molecule has 0 saturated carbocycles. The zero-order valence-electron chi connectivity index (χ0n) is 16.5. The van der Waals surface area contributed by atoms with Crippen LogP contribution in [0.25, 0.3) is 16.9 Å². The normalized spacial score (nSPS) is 11.2. The summed E-state index contributed by atoms with van der Waals surface area (Å²) in [5.41, 5.74) is 0.858. The highest BCUT2D eigenvalue weighted by Crippen LogP contribution is 2.19. The third-order valence-electron chi connectivity index (χ3n) is 4.70. The molecule has 11 heteroatoms. The first kappa shape index (κ1) is 19.6. The molecule has 0 saturated heterocycles. The molecule has 1 amide bonds. The van der Waals surface area contributed by atoms with Crippen LogP contribution in [0.5, 0.6) is 0 Å². The van der Waals surface area contributed by atoms with Gasteiger partial charge in [0.1, 0.15) is 12.4 Å². The van der Waals surface area contributed by atoms with E-state index in [0.29, 0.717) is 10.8 Å². The highest BCUT2D eigenvalue weighted by atomic mass is 35.5. The Morgan fingerprint density at radius 3 is 2.53 bits per heavy atom. The summed E-state index contributed by atoms with van der Waals surface area (Å²) in [7, 11) is 2.91. The van der Waals surface area contributed by atoms with Crippen LogP contribution in [0, 0.1) is 6.92 Å². The molecule has 0 bridgehead atoms. The first-order valence-electron chi connectivity index (χ1n) is 8.99. The van der Waals surface area contributed by atoms with Crippen LogP contribution < -0.4 is 16.6 Å². The van der Waals surface area contributed by atoms with Gasteiger partial charge in [-0.05, 0) is 31.2 Å². The molecule has 3 heterocycles. The van der Waals surface area contributed by atoms with E-state index in [4.69, 9.17) is 11.6 Å². The van der Waals surface area contributed by atoms with Crippen molar-refractivity contribution in [3.63, 3.8) is 0 Å². The number of carbonyl (C=O) groups excluding carboxylic acids is 1. The molecule has 154 valence electrons. The van der Waals surface area contributed by atoms with Gasteiger partial charge in [-0.15, -0.1) is 0 Å². The molecule has 4 rings (SSSR count). The van der Waals surface area contributed by atoms with Gasteiger partial charge < -0.3 is 9.88 Å². The number of carbonyl (C=O) groups is 1. The van der Waals surface area contributed by atoms with Gasteiger partial charge in [0.15, 0.2) is 11.2 Å². The predicted octanol–water partition coefficient (Wildman–Crippen LogP) is 1.22. The summed E-state index contributed by atoms with van der Waals surface area (Å²) in [5.74, 6) is 0.102. The van der Waals surface area contributed by atoms with Gasteiger partial charge in [-0.1, -0.05) is 11.6 Å². The van der Waals surface area contributed by atoms with Gasteiger partial charge in [-0.2, -0.15) is 5.10 Å². The number of amides is 1. The standard InChI is InChI=1S/C19H18ClN7O3/c1-11-8-14(27(23-11)13-6-4-12(20)5-7-13)22-15(28)9-26-10-21-17-16(26)18(29)25(3)19(30)24(17)2/h4-8,10H,9H2,1-3H3,(H,22,28). The third kappa shape index (κ3) is 3.30. The van der Waals surface area contributed by atoms with E-state index in [1.165, 1.54) is 29.6 Å². The zero-order valence-corrected chi connectivity index (χ0v) is 17.2. The topological polar surface area (TPSA) is 109 Å². The number of halogens is 1. The predicted molar refractivity (Wildman–Crippen MR) is 112 cm³/mol. The highest BCUT2D eigenvalue weighted by molar-refractivity contribution is 6.30. The summed E-state index contributed by atoms with van der Waals surface area (Å²) in [6.45, 7) is 1.66. The first-order valence-corrected chi connectivity index (χ1v) is 9.37. The van der Waals surface area contributed by atoms with Crippen molar-refractivity contribution < 1.29 is 4.79 Å². The Labute approximate surface area is 174 Å². The van der Waals surface area contributed by atoms with Crippen molar-refractivity contribution in [2.45, 2.75) is 13.5 Å². The molecule has 30 heavy (non-hydrogen) atoms. The molecule has 4 aromatic rings. The lowest BCUT2D eigenvalue weighted by Crippen LogP contribution is -2.37. The fourth-order valence-corrected chi connectivity index (χ4v) is 3.35. The number of fused-ring (bicyclic) bond motifs is 1. The molecule has 0 aliphatic rings. The van der Waals surface area contributed by atoms with Crippen molar-refractivity contribution >= 4 is 34.5 Å². The SMILES string of the molecule is Cc1cc(NC(=O)Cn2cnc3c2c(=O)n(C)c(=O)n3C)n(-c2ccc(Cl)cc2)n1. The van der Waals surface area contributed by atoms with Crippen LogP contribution in [0.4, 0.5) is 5.82 Å². The van der Waals surface area contributed by atoms with E-state index in [9.17, 15) is 14.4 Å². The Morgan fingerprint density at radius 1 is 1.13 bits per heavy atom. The summed E-state index contributed by atoms with van der Waals surface area (Å²) in [6.07, 6.45) is 1.37. The first-order chi connectivity index (χ1) is 14.3. The second-order valence-electron chi connectivity index (χ2n) is 6.86. The Hall–Kier alpha value is -3.66. The Bertz CT molecular complexity index is 1390. The van der Waals surface area contributed by atoms with Crippen molar-refractivity contribution in [2.24, 2.45) is 14.1 Å². The molecule has 0 unspecified atom stereocenters. The van der Waals surface area contributed by atoms with E-state index in [-0.39, 0.29) is 23.6 Å². The lowest BCUT2D eigenvalue weighted by Gasteiger charge is -2.10.